The van der Waals surface area contributed by atoms with Crippen molar-refractivity contribution in [1.82, 2.24) is 0 Å². The van der Waals surface area contributed by atoms with Gasteiger partial charge in [-0.05, 0) is 31.2 Å². The summed E-state index contributed by atoms with van der Waals surface area (Å²) in [5.41, 5.74) is 5.83. The van der Waals surface area contributed by atoms with Crippen molar-refractivity contribution in [3.05, 3.63) is 29.8 Å². The van der Waals surface area contributed by atoms with Crippen molar-refractivity contribution in [3.8, 4) is 0 Å². The number of hydrogen-bond acceptors (Lipinski definition) is 4. The van der Waals surface area contributed by atoms with E-state index in [1.807, 2.05) is 0 Å². The van der Waals surface area contributed by atoms with Crippen LogP contribution in [0.15, 0.2) is 24.3 Å². The van der Waals surface area contributed by atoms with Gasteiger partial charge in [-0.1, -0.05) is 0 Å². The van der Waals surface area contributed by atoms with Crippen molar-refractivity contribution < 1.29 is 19.5 Å². The number of anilines is 1. The number of aromatic carboxylic acids is 1. The first-order valence-electron chi connectivity index (χ1n) is 4.82. The van der Waals surface area contributed by atoms with Gasteiger partial charge in [0.1, 0.15) is 6.04 Å². The van der Waals surface area contributed by atoms with Gasteiger partial charge in [-0.2, -0.15) is 0 Å². The summed E-state index contributed by atoms with van der Waals surface area (Å²) in [7, 11) is 0. The van der Waals surface area contributed by atoms with Gasteiger partial charge in [0.25, 0.3) is 0 Å². The predicted octanol–water partition coefficient (Wildman–Crippen LogP) is 0.240. The summed E-state index contributed by atoms with van der Waals surface area (Å²) < 4.78 is 0. The van der Waals surface area contributed by atoms with E-state index >= 15 is 0 Å². The molecule has 0 spiro atoms. The third-order valence-corrected chi connectivity index (χ3v) is 2.12. The first-order valence-corrected chi connectivity index (χ1v) is 4.82. The lowest BCUT2D eigenvalue weighted by molar-refractivity contribution is -0.126. The number of carboxylic acids is 1. The zero-order valence-electron chi connectivity index (χ0n) is 9.14. The number of rotatable bonds is 4. The van der Waals surface area contributed by atoms with Gasteiger partial charge in [0.2, 0.25) is 5.91 Å². The number of carbonyl (C=O) groups excluding carboxylic acids is 2. The Balaban J connectivity index is 2.73. The van der Waals surface area contributed by atoms with Gasteiger partial charge < -0.3 is 16.2 Å². The summed E-state index contributed by atoms with van der Waals surface area (Å²) in [6.07, 6.45) is 0. The van der Waals surface area contributed by atoms with Crippen molar-refractivity contribution in [2.24, 2.45) is 5.73 Å². The van der Waals surface area contributed by atoms with Crippen LogP contribution in [0.1, 0.15) is 17.3 Å². The lowest BCUT2D eigenvalue weighted by Crippen LogP contribution is -2.41. The van der Waals surface area contributed by atoms with Crippen LogP contribution in [-0.2, 0) is 9.59 Å². The molecule has 6 heteroatoms. The number of nitrogens with one attached hydrogen (secondary N) is 1. The van der Waals surface area contributed by atoms with Gasteiger partial charge in [-0.15, -0.1) is 0 Å². The Bertz CT molecular complexity index is 453. The molecule has 0 heterocycles. The molecule has 0 aliphatic heterocycles. The highest BCUT2D eigenvalue weighted by atomic mass is 16.4. The molecule has 0 saturated carbocycles. The SMILES string of the molecule is CC(=O)C(N)C(=O)Nc1ccc(C(=O)O)cc1. The van der Waals surface area contributed by atoms with Crippen LogP contribution in [0, 0.1) is 0 Å². The van der Waals surface area contributed by atoms with E-state index in [1.54, 1.807) is 0 Å². The topological polar surface area (TPSA) is 109 Å². The number of benzene rings is 1. The average Bonchev–Trinajstić information content (AvgIpc) is 2.28. The molecule has 0 aromatic heterocycles. The lowest BCUT2D eigenvalue weighted by atomic mass is 10.2. The van der Waals surface area contributed by atoms with E-state index in [2.05, 4.69) is 5.32 Å². The molecule has 17 heavy (non-hydrogen) atoms. The van der Waals surface area contributed by atoms with E-state index in [0.29, 0.717) is 5.69 Å². The van der Waals surface area contributed by atoms with E-state index in [-0.39, 0.29) is 5.56 Å². The fourth-order valence-corrected chi connectivity index (χ4v) is 1.10. The Morgan fingerprint density at radius 1 is 1.24 bits per heavy atom. The number of carboxylic acid groups (broad SMARTS) is 1. The Morgan fingerprint density at radius 3 is 2.18 bits per heavy atom. The Labute approximate surface area is 97.4 Å². The molecular weight excluding hydrogens is 224 g/mol. The van der Waals surface area contributed by atoms with Gasteiger partial charge >= 0.3 is 5.97 Å². The van der Waals surface area contributed by atoms with E-state index in [4.69, 9.17) is 10.8 Å². The van der Waals surface area contributed by atoms with Gasteiger partial charge in [0.05, 0.1) is 5.56 Å². The van der Waals surface area contributed by atoms with Crippen LogP contribution in [0.5, 0.6) is 0 Å². The minimum absolute atomic E-state index is 0.110. The van der Waals surface area contributed by atoms with Crippen LogP contribution in [0.2, 0.25) is 0 Å². The molecule has 1 aromatic carbocycles. The third kappa shape index (κ3) is 3.39. The second-order valence-corrected chi connectivity index (χ2v) is 3.46. The molecule has 0 aliphatic carbocycles. The molecular formula is C11H12N2O4. The van der Waals surface area contributed by atoms with Crippen LogP contribution < -0.4 is 11.1 Å². The maximum atomic E-state index is 11.4. The zero-order chi connectivity index (χ0) is 13.0. The van der Waals surface area contributed by atoms with E-state index < -0.39 is 23.7 Å². The van der Waals surface area contributed by atoms with Crippen molar-refractivity contribution in [1.29, 1.82) is 0 Å². The molecule has 6 nitrogen and oxygen atoms in total. The maximum absolute atomic E-state index is 11.4. The molecule has 0 radical (unpaired) electrons. The summed E-state index contributed by atoms with van der Waals surface area (Å²) in [4.78, 5) is 32.8. The standard InChI is InChI=1S/C11H12N2O4/c1-6(14)9(12)10(15)13-8-4-2-7(3-5-8)11(16)17/h2-5,9H,12H2,1H3,(H,13,15)(H,16,17). The summed E-state index contributed by atoms with van der Waals surface area (Å²) in [6, 6.07) is 4.32. The molecule has 90 valence electrons. The summed E-state index contributed by atoms with van der Waals surface area (Å²) in [5, 5.41) is 11.1. The lowest BCUT2D eigenvalue weighted by Gasteiger charge is -2.09. The van der Waals surface area contributed by atoms with E-state index in [0.717, 1.165) is 0 Å². The average molecular weight is 236 g/mol. The van der Waals surface area contributed by atoms with Crippen molar-refractivity contribution in [2.75, 3.05) is 5.32 Å². The second kappa shape index (κ2) is 5.22. The molecule has 4 N–H and O–H groups in total. The first kappa shape index (κ1) is 12.9. The molecule has 1 aromatic rings. The zero-order valence-corrected chi connectivity index (χ0v) is 9.14. The van der Waals surface area contributed by atoms with Gasteiger partial charge in [0, 0.05) is 5.69 Å². The van der Waals surface area contributed by atoms with Crippen molar-refractivity contribution >= 4 is 23.3 Å². The highest BCUT2D eigenvalue weighted by Crippen LogP contribution is 2.09. The van der Waals surface area contributed by atoms with Crippen molar-refractivity contribution in [2.45, 2.75) is 13.0 Å². The minimum atomic E-state index is -1.21. The van der Waals surface area contributed by atoms with Crippen LogP contribution in [-0.4, -0.2) is 28.8 Å². The molecule has 1 unspecified atom stereocenters. The molecule has 1 rings (SSSR count). The van der Waals surface area contributed by atoms with Crippen LogP contribution in [0.4, 0.5) is 5.69 Å². The number of hydrogen-bond donors (Lipinski definition) is 3. The number of ketones is 1. The number of carbonyl (C=O) groups is 3. The van der Waals surface area contributed by atoms with Gasteiger partial charge in [-0.25, -0.2) is 4.79 Å². The van der Waals surface area contributed by atoms with Crippen LogP contribution >= 0.6 is 0 Å². The third-order valence-electron chi connectivity index (χ3n) is 2.12. The van der Waals surface area contributed by atoms with Crippen LogP contribution in [0.25, 0.3) is 0 Å². The van der Waals surface area contributed by atoms with E-state index in [9.17, 15) is 14.4 Å². The number of Topliss-reactive ketones (excluding diaryl/α,β-unsaturated/α-hetero) is 1. The largest absolute Gasteiger partial charge is 0.478 e. The Morgan fingerprint density at radius 2 is 1.76 bits per heavy atom. The maximum Gasteiger partial charge on any atom is 0.335 e. The molecule has 0 bridgehead atoms. The molecule has 1 amide bonds. The highest BCUT2D eigenvalue weighted by Gasteiger charge is 2.17. The summed E-state index contributed by atoms with van der Waals surface area (Å²) in [5.74, 6) is -2.12. The fourth-order valence-electron chi connectivity index (χ4n) is 1.10. The monoisotopic (exact) mass is 236 g/mol. The number of amides is 1. The molecule has 0 aliphatic rings. The smallest absolute Gasteiger partial charge is 0.335 e. The number of nitrogens with two attached hydrogens (primary N) is 1. The summed E-state index contributed by atoms with van der Waals surface area (Å²) >= 11 is 0. The normalized spacial score (nSPS) is 11.6. The molecule has 0 fully saturated rings. The molecule has 1 atom stereocenters. The van der Waals surface area contributed by atoms with Gasteiger partial charge in [0.15, 0.2) is 5.78 Å². The summed E-state index contributed by atoms with van der Waals surface area (Å²) in [6.45, 7) is 1.22. The Hall–Kier alpha value is -2.21. The highest BCUT2D eigenvalue weighted by molar-refractivity contribution is 6.09. The quantitative estimate of drug-likeness (QED) is 0.649. The fraction of sp³-hybridized carbons (Fsp3) is 0.182. The minimum Gasteiger partial charge on any atom is -0.478 e. The van der Waals surface area contributed by atoms with Gasteiger partial charge in [-0.3, -0.25) is 9.59 Å². The van der Waals surface area contributed by atoms with E-state index in [1.165, 1.54) is 31.2 Å². The van der Waals surface area contributed by atoms with Crippen molar-refractivity contribution in [3.63, 3.8) is 0 Å². The molecule has 0 saturated heterocycles. The predicted molar refractivity (Wildman–Crippen MR) is 60.7 cm³/mol. The van der Waals surface area contributed by atoms with Crippen LogP contribution in [0.3, 0.4) is 0 Å². The second-order valence-electron chi connectivity index (χ2n) is 3.46. The Kier molecular flexibility index (Phi) is 3.95. The first-order chi connectivity index (χ1) is 7.91.